The van der Waals surface area contributed by atoms with Crippen LogP contribution in [0, 0.1) is 6.92 Å². The van der Waals surface area contributed by atoms with Gasteiger partial charge in [-0.25, -0.2) is 0 Å². The normalized spacial score (nSPS) is 12.8. The van der Waals surface area contributed by atoms with Crippen LogP contribution in [0.4, 0.5) is 0 Å². The SMILES string of the molecule is Cc1cc(C[N+](C)(C)C)c(O)c(C[N+](C)(C)C)c1. The van der Waals surface area contributed by atoms with Crippen LogP contribution in [-0.2, 0) is 13.1 Å². The van der Waals surface area contributed by atoms with Crippen molar-refractivity contribution in [3.8, 4) is 5.75 Å². The van der Waals surface area contributed by atoms with Gasteiger partial charge in [0.15, 0.2) is 0 Å². The smallest absolute Gasteiger partial charge is 0.133 e. The summed E-state index contributed by atoms with van der Waals surface area (Å²) in [5, 5.41) is 10.4. The van der Waals surface area contributed by atoms with Crippen LogP contribution in [0.2, 0.25) is 0 Å². The summed E-state index contributed by atoms with van der Waals surface area (Å²) in [6.45, 7) is 3.78. The zero-order valence-electron chi connectivity index (χ0n) is 12.9. The first-order valence-corrected chi connectivity index (χ1v) is 6.40. The molecule has 0 unspecified atom stereocenters. The van der Waals surface area contributed by atoms with Crippen molar-refractivity contribution in [1.29, 1.82) is 0 Å². The predicted octanol–water partition coefficient (Wildman–Crippen LogP) is 2.11. The Kier molecular flexibility index (Phi) is 4.08. The molecular weight excluding hydrogens is 224 g/mol. The van der Waals surface area contributed by atoms with E-state index in [9.17, 15) is 5.11 Å². The van der Waals surface area contributed by atoms with Crippen molar-refractivity contribution in [1.82, 2.24) is 0 Å². The average molecular weight is 252 g/mol. The van der Waals surface area contributed by atoms with Crippen molar-refractivity contribution in [2.24, 2.45) is 0 Å². The maximum absolute atomic E-state index is 10.4. The average Bonchev–Trinajstić information content (AvgIpc) is 2.07. The molecule has 0 saturated carbocycles. The van der Waals surface area contributed by atoms with Crippen molar-refractivity contribution in [3.63, 3.8) is 0 Å². The first-order chi connectivity index (χ1) is 7.98. The Bertz CT molecular complexity index is 388. The van der Waals surface area contributed by atoms with Gasteiger partial charge in [0.05, 0.1) is 42.3 Å². The highest BCUT2D eigenvalue weighted by Gasteiger charge is 2.19. The lowest BCUT2D eigenvalue weighted by Crippen LogP contribution is -2.34. The molecule has 0 radical (unpaired) electrons. The van der Waals surface area contributed by atoms with E-state index in [1.54, 1.807) is 0 Å². The molecule has 0 atom stereocenters. The van der Waals surface area contributed by atoms with Crippen LogP contribution in [0.3, 0.4) is 0 Å². The van der Waals surface area contributed by atoms with Crippen LogP contribution in [0.25, 0.3) is 0 Å². The van der Waals surface area contributed by atoms with Crippen molar-refractivity contribution in [2.45, 2.75) is 20.0 Å². The second-order valence-corrected chi connectivity index (χ2v) is 7.33. The van der Waals surface area contributed by atoms with Gasteiger partial charge in [-0.05, 0) is 24.6 Å². The maximum Gasteiger partial charge on any atom is 0.133 e. The molecule has 0 heterocycles. The van der Waals surface area contributed by atoms with Gasteiger partial charge < -0.3 is 14.1 Å². The standard InChI is InChI=1S/C15H27N2O/c1-12-8-13(10-16(2,3)4)15(18)14(9-12)11-17(5,6)7/h8-9H,10-11H2,1-7H3/q+1/p+1. The molecule has 0 fully saturated rings. The van der Waals surface area contributed by atoms with E-state index in [0.717, 1.165) is 33.2 Å². The van der Waals surface area contributed by atoms with E-state index in [-0.39, 0.29) is 0 Å². The highest BCUT2D eigenvalue weighted by molar-refractivity contribution is 5.42. The van der Waals surface area contributed by atoms with Gasteiger partial charge in [-0.1, -0.05) is 0 Å². The molecule has 0 aliphatic carbocycles. The second-order valence-electron chi connectivity index (χ2n) is 7.33. The Labute approximate surface area is 111 Å². The van der Waals surface area contributed by atoms with Crippen molar-refractivity contribution < 1.29 is 14.1 Å². The molecule has 1 aromatic carbocycles. The molecule has 1 aromatic rings. The number of hydrogen-bond acceptors (Lipinski definition) is 1. The molecule has 0 aliphatic rings. The van der Waals surface area contributed by atoms with E-state index in [0.29, 0.717) is 5.75 Å². The third-order valence-electron chi connectivity index (χ3n) is 2.70. The highest BCUT2D eigenvalue weighted by atomic mass is 16.3. The summed E-state index contributed by atoms with van der Waals surface area (Å²) in [6, 6.07) is 4.19. The number of rotatable bonds is 4. The summed E-state index contributed by atoms with van der Waals surface area (Å²) < 4.78 is 1.64. The lowest BCUT2D eigenvalue weighted by atomic mass is 10.0. The van der Waals surface area contributed by atoms with E-state index >= 15 is 0 Å². The molecule has 0 amide bonds. The number of phenolic OH excluding ortho intramolecular Hbond substituents is 1. The minimum absolute atomic E-state index is 0.474. The number of aromatic hydroxyl groups is 1. The van der Waals surface area contributed by atoms with E-state index in [1.807, 2.05) is 0 Å². The number of phenols is 1. The molecule has 1 rings (SSSR count). The summed E-state index contributed by atoms with van der Waals surface area (Å²) in [5.74, 6) is 0.474. The molecule has 18 heavy (non-hydrogen) atoms. The molecule has 102 valence electrons. The van der Waals surface area contributed by atoms with E-state index in [2.05, 4.69) is 61.3 Å². The van der Waals surface area contributed by atoms with Crippen LogP contribution < -0.4 is 0 Å². The van der Waals surface area contributed by atoms with Gasteiger partial charge in [0.1, 0.15) is 18.8 Å². The third-order valence-corrected chi connectivity index (χ3v) is 2.70. The Balaban J connectivity index is 3.14. The number of nitrogens with zero attached hydrogens (tertiary/aromatic N) is 2. The molecule has 0 bridgehead atoms. The number of quaternary nitrogens is 2. The van der Waals surface area contributed by atoms with Gasteiger partial charge in [-0.3, -0.25) is 0 Å². The van der Waals surface area contributed by atoms with Crippen LogP contribution >= 0.6 is 0 Å². The van der Waals surface area contributed by atoms with Gasteiger partial charge in [0.2, 0.25) is 0 Å². The highest BCUT2D eigenvalue weighted by Crippen LogP contribution is 2.28. The largest absolute Gasteiger partial charge is 0.507 e. The Hall–Kier alpha value is -1.06. The van der Waals surface area contributed by atoms with Crippen LogP contribution in [0.1, 0.15) is 16.7 Å². The van der Waals surface area contributed by atoms with Gasteiger partial charge in [0, 0.05) is 11.1 Å². The Morgan fingerprint density at radius 1 is 0.833 bits per heavy atom. The Morgan fingerprint density at radius 3 is 1.44 bits per heavy atom. The molecule has 1 N–H and O–H groups in total. The zero-order valence-corrected chi connectivity index (χ0v) is 12.9. The van der Waals surface area contributed by atoms with Crippen molar-refractivity contribution in [2.75, 3.05) is 42.3 Å². The second kappa shape index (κ2) is 4.90. The van der Waals surface area contributed by atoms with Crippen molar-refractivity contribution >= 4 is 0 Å². The minimum Gasteiger partial charge on any atom is -0.507 e. The topological polar surface area (TPSA) is 20.2 Å². The lowest BCUT2D eigenvalue weighted by molar-refractivity contribution is -0.884. The third kappa shape index (κ3) is 4.67. The van der Waals surface area contributed by atoms with E-state index in [4.69, 9.17) is 0 Å². The molecule has 0 spiro atoms. The first kappa shape index (κ1) is 15.0. The Morgan fingerprint density at radius 2 is 1.17 bits per heavy atom. The van der Waals surface area contributed by atoms with Gasteiger partial charge in [-0.15, -0.1) is 0 Å². The maximum atomic E-state index is 10.4. The van der Waals surface area contributed by atoms with Crippen molar-refractivity contribution in [3.05, 3.63) is 28.8 Å². The van der Waals surface area contributed by atoms with Crippen LogP contribution in [0.5, 0.6) is 5.75 Å². The molecule has 3 heteroatoms. The number of hydrogen-bond donors (Lipinski definition) is 1. The quantitative estimate of drug-likeness (QED) is 0.814. The monoisotopic (exact) mass is 252 g/mol. The summed E-state index contributed by atoms with van der Waals surface area (Å²) in [4.78, 5) is 0. The predicted molar refractivity (Wildman–Crippen MR) is 76.3 cm³/mol. The summed E-state index contributed by atoms with van der Waals surface area (Å²) >= 11 is 0. The molecule has 0 aliphatic heterocycles. The fourth-order valence-corrected chi connectivity index (χ4v) is 2.20. The number of benzene rings is 1. The van der Waals surface area contributed by atoms with E-state index in [1.165, 1.54) is 5.56 Å². The summed E-state index contributed by atoms with van der Waals surface area (Å²) in [5.41, 5.74) is 3.32. The van der Waals surface area contributed by atoms with E-state index < -0.39 is 0 Å². The van der Waals surface area contributed by atoms with Crippen LogP contribution in [0.15, 0.2) is 12.1 Å². The fourth-order valence-electron chi connectivity index (χ4n) is 2.20. The summed E-state index contributed by atoms with van der Waals surface area (Å²) in [6.07, 6.45) is 0. The van der Waals surface area contributed by atoms with Gasteiger partial charge >= 0.3 is 0 Å². The molecule has 3 nitrogen and oxygen atoms in total. The first-order valence-electron chi connectivity index (χ1n) is 6.40. The van der Waals surface area contributed by atoms with Gasteiger partial charge in [-0.2, -0.15) is 0 Å². The minimum atomic E-state index is 0.474. The number of aryl methyl sites for hydroxylation is 1. The van der Waals surface area contributed by atoms with Gasteiger partial charge in [0.25, 0.3) is 0 Å². The molecule has 0 aromatic heterocycles. The fraction of sp³-hybridized carbons (Fsp3) is 0.600. The lowest BCUT2D eigenvalue weighted by Gasteiger charge is -2.27. The zero-order chi connectivity index (χ0) is 14.1. The molecule has 0 saturated heterocycles. The van der Waals surface area contributed by atoms with Crippen LogP contribution in [-0.4, -0.2) is 56.4 Å². The molecular formula is C15H28N2O+2. The summed E-state index contributed by atoms with van der Waals surface area (Å²) in [7, 11) is 12.8.